The summed E-state index contributed by atoms with van der Waals surface area (Å²) in [5.41, 5.74) is 3.52. The average Bonchev–Trinajstić information content (AvgIpc) is 2.77. The first-order chi connectivity index (χ1) is 8.29. The molecule has 1 atom stereocenters. The van der Waals surface area contributed by atoms with E-state index in [-0.39, 0.29) is 0 Å². The maximum absolute atomic E-state index is 5.71. The number of nitrogens with two attached hydrogens (primary N) is 1. The van der Waals surface area contributed by atoms with E-state index in [0.717, 1.165) is 36.8 Å². The average molecular weight is 257 g/mol. The second-order valence-electron chi connectivity index (χ2n) is 4.38. The van der Waals surface area contributed by atoms with Crippen molar-refractivity contribution in [3.05, 3.63) is 5.69 Å². The van der Waals surface area contributed by atoms with Crippen LogP contribution in [0.25, 0.3) is 0 Å². The summed E-state index contributed by atoms with van der Waals surface area (Å²) in [6.45, 7) is 2.57. The van der Waals surface area contributed by atoms with Crippen LogP contribution in [0.2, 0.25) is 0 Å². The van der Waals surface area contributed by atoms with Gasteiger partial charge in [0.15, 0.2) is 0 Å². The minimum Gasteiger partial charge on any atom is -0.377 e. The zero-order chi connectivity index (χ0) is 12.1. The first kappa shape index (κ1) is 12.7. The lowest BCUT2D eigenvalue weighted by Crippen LogP contribution is -2.33. The first-order valence-electron chi connectivity index (χ1n) is 5.87. The lowest BCUT2D eigenvalue weighted by atomic mass is 10.1. The highest BCUT2D eigenvalue weighted by Crippen LogP contribution is 2.19. The van der Waals surface area contributed by atoms with Crippen LogP contribution in [-0.4, -0.2) is 40.8 Å². The number of ether oxygens (including phenoxy) is 1. The molecule has 96 valence electrons. The summed E-state index contributed by atoms with van der Waals surface area (Å²) in [6.07, 6.45) is 3.97. The summed E-state index contributed by atoms with van der Waals surface area (Å²) in [4.78, 5) is 2.20. The molecule has 7 heteroatoms. The number of anilines is 1. The molecule has 2 heterocycles. The van der Waals surface area contributed by atoms with Gasteiger partial charge in [-0.1, -0.05) is 4.49 Å². The van der Waals surface area contributed by atoms with Crippen molar-refractivity contribution in [1.29, 1.82) is 0 Å². The summed E-state index contributed by atoms with van der Waals surface area (Å²) < 4.78 is 9.59. The largest absolute Gasteiger partial charge is 0.377 e. The summed E-state index contributed by atoms with van der Waals surface area (Å²) >= 11 is 1.28. The van der Waals surface area contributed by atoms with E-state index in [9.17, 15) is 0 Å². The Hall–Kier alpha value is -0.760. The molecule has 1 fully saturated rings. The van der Waals surface area contributed by atoms with E-state index >= 15 is 0 Å². The highest BCUT2D eigenvalue weighted by atomic mass is 32.1. The quantitative estimate of drug-likeness (QED) is 0.601. The van der Waals surface area contributed by atoms with Crippen LogP contribution in [0.3, 0.4) is 0 Å². The van der Waals surface area contributed by atoms with Gasteiger partial charge >= 0.3 is 0 Å². The van der Waals surface area contributed by atoms with Crippen LogP contribution in [-0.2, 0) is 11.3 Å². The normalized spacial score (nSPS) is 20.8. The van der Waals surface area contributed by atoms with E-state index in [1.54, 1.807) is 0 Å². The molecule has 0 bridgehead atoms. The molecule has 0 saturated carbocycles. The van der Waals surface area contributed by atoms with Crippen molar-refractivity contribution in [3.8, 4) is 0 Å². The van der Waals surface area contributed by atoms with E-state index in [2.05, 4.69) is 27.0 Å². The number of nitrogens with zero attached hydrogens (tertiary/aromatic N) is 3. The molecule has 0 spiro atoms. The number of hydrogen-bond acceptors (Lipinski definition) is 7. The van der Waals surface area contributed by atoms with Gasteiger partial charge in [-0.25, -0.2) is 5.84 Å². The Morgan fingerprint density at radius 2 is 2.47 bits per heavy atom. The topological polar surface area (TPSA) is 76.3 Å². The number of hydrazine groups is 1. The van der Waals surface area contributed by atoms with Gasteiger partial charge in [0.2, 0.25) is 0 Å². The monoisotopic (exact) mass is 257 g/mol. The SMILES string of the molecule is CN(Cc1nnsc1NN)CC1CCCCO1. The van der Waals surface area contributed by atoms with Crippen molar-refractivity contribution in [2.24, 2.45) is 5.84 Å². The third-order valence-corrected chi connectivity index (χ3v) is 3.60. The van der Waals surface area contributed by atoms with Gasteiger partial charge in [-0.05, 0) is 26.3 Å². The number of nitrogens with one attached hydrogen (secondary N) is 1. The van der Waals surface area contributed by atoms with Gasteiger partial charge in [0.1, 0.15) is 10.7 Å². The van der Waals surface area contributed by atoms with Crippen molar-refractivity contribution in [3.63, 3.8) is 0 Å². The first-order valence-corrected chi connectivity index (χ1v) is 6.65. The number of rotatable bonds is 5. The highest BCUT2D eigenvalue weighted by Gasteiger charge is 2.17. The van der Waals surface area contributed by atoms with E-state index in [4.69, 9.17) is 10.6 Å². The Morgan fingerprint density at radius 1 is 1.59 bits per heavy atom. The predicted octanol–water partition coefficient (Wildman–Crippen LogP) is 0.825. The van der Waals surface area contributed by atoms with Crippen LogP contribution in [0.4, 0.5) is 5.00 Å². The molecule has 1 saturated heterocycles. The van der Waals surface area contributed by atoms with Crippen LogP contribution in [0.1, 0.15) is 25.0 Å². The molecule has 0 aliphatic carbocycles. The Kier molecular flexibility index (Phi) is 4.66. The Bertz CT molecular complexity index is 339. The fourth-order valence-corrected chi connectivity index (χ4v) is 2.53. The molecule has 0 aromatic carbocycles. The van der Waals surface area contributed by atoms with E-state index in [0.29, 0.717) is 6.10 Å². The van der Waals surface area contributed by atoms with Crippen molar-refractivity contribution in [2.75, 3.05) is 25.6 Å². The van der Waals surface area contributed by atoms with Gasteiger partial charge in [-0.3, -0.25) is 4.90 Å². The van der Waals surface area contributed by atoms with Crippen molar-refractivity contribution >= 4 is 16.5 Å². The molecule has 1 unspecified atom stereocenters. The third kappa shape index (κ3) is 3.60. The summed E-state index contributed by atoms with van der Waals surface area (Å²) in [5, 5.41) is 4.90. The van der Waals surface area contributed by atoms with Gasteiger partial charge in [-0.15, -0.1) is 5.10 Å². The molecule has 1 aliphatic heterocycles. The summed E-state index contributed by atoms with van der Waals surface area (Å²) in [7, 11) is 2.07. The highest BCUT2D eigenvalue weighted by molar-refractivity contribution is 7.10. The molecule has 2 rings (SSSR count). The Balaban J connectivity index is 1.82. The molecule has 17 heavy (non-hydrogen) atoms. The number of aromatic nitrogens is 2. The number of hydrogen-bond donors (Lipinski definition) is 2. The van der Waals surface area contributed by atoms with Gasteiger partial charge < -0.3 is 10.2 Å². The second kappa shape index (κ2) is 6.25. The zero-order valence-corrected chi connectivity index (χ0v) is 10.9. The standard InChI is InChI=1S/C10H19N5OS/c1-15(6-8-4-2-3-5-16-8)7-9-10(12-11)17-14-13-9/h8,12H,2-7,11H2,1H3. The van der Waals surface area contributed by atoms with Gasteiger partial charge in [-0.2, -0.15) is 0 Å². The molecule has 0 radical (unpaired) electrons. The summed E-state index contributed by atoms with van der Waals surface area (Å²) in [5.74, 6) is 5.39. The smallest absolute Gasteiger partial charge is 0.148 e. The van der Waals surface area contributed by atoms with Crippen LogP contribution in [0, 0.1) is 0 Å². The number of likely N-dealkylation sites (N-methyl/N-ethyl adjacent to an activating group) is 1. The number of nitrogen functional groups attached to an aromatic ring is 1. The molecule has 1 aromatic heterocycles. The molecule has 3 N–H and O–H groups in total. The molecular weight excluding hydrogens is 238 g/mol. The van der Waals surface area contributed by atoms with Gasteiger partial charge in [0, 0.05) is 31.2 Å². The van der Waals surface area contributed by atoms with E-state index < -0.39 is 0 Å². The van der Waals surface area contributed by atoms with Crippen LogP contribution < -0.4 is 11.3 Å². The maximum atomic E-state index is 5.71. The molecule has 0 amide bonds. The van der Waals surface area contributed by atoms with Crippen molar-refractivity contribution < 1.29 is 4.74 Å². The lowest BCUT2D eigenvalue weighted by molar-refractivity contribution is -0.00272. The molecule has 6 nitrogen and oxygen atoms in total. The zero-order valence-electron chi connectivity index (χ0n) is 10.1. The van der Waals surface area contributed by atoms with Crippen molar-refractivity contribution in [2.45, 2.75) is 31.9 Å². The van der Waals surface area contributed by atoms with Gasteiger partial charge in [0.25, 0.3) is 0 Å². The third-order valence-electron chi connectivity index (χ3n) is 2.90. The molecule has 1 aromatic rings. The fraction of sp³-hybridized carbons (Fsp3) is 0.800. The van der Waals surface area contributed by atoms with Crippen LogP contribution >= 0.6 is 11.5 Å². The molecular formula is C10H19N5OS. The van der Waals surface area contributed by atoms with E-state index in [1.165, 1.54) is 24.4 Å². The minimum absolute atomic E-state index is 0.356. The maximum Gasteiger partial charge on any atom is 0.148 e. The van der Waals surface area contributed by atoms with Crippen molar-refractivity contribution in [1.82, 2.24) is 14.5 Å². The predicted molar refractivity (Wildman–Crippen MR) is 67.6 cm³/mol. The Labute approximate surface area is 105 Å². The van der Waals surface area contributed by atoms with Crippen LogP contribution in [0.15, 0.2) is 0 Å². The Morgan fingerprint density at radius 3 is 3.18 bits per heavy atom. The lowest BCUT2D eigenvalue weighted by Gasteiger charge is -2.27. The van der Waals surface area contributed by atoms with Gasteiger partial charge in [0.05, 0.1) is 6.10 Å². The fourth-order valence-electron chi connectivity index (χ4n) is 2.04. The second-order valence-corrected chi connectivity index (χ2v) is 5.13. The van der Waals surface area contributed by atoms with E-state index in [1.807, 2.05) is 0 Å². The minimum atomic E-state index is 0.356. The summed E-state index contributed by atoms with van der Waals surface area (Å²) in [6, 6.07) is 0. The molecule has 1 aliphatic rings. The van der Waals surface area contributed by atoms with Crippen LogP contribution in [0.5, 0.6) is 0 Å².